The lowest BCUT2D eigenvalue weighted by Gasteiger charge is -2.35. The largest absolute Gasteiger partial charge is 0.377 e. The third kappa shape index (κ3) is 2.27. The van der Waals surface area contributed by atoms with Gasteiger partial charge in [0.05, 0.1) is 0 Å². The maximum absolute atomic E-state index is 10.2. The highest BCUT2D eigenvalue weighted by Crippen LogP contribution is 2.35. The van der Waals surface area contributed by atoms with Crippen LogP contribution in [0.1, 0.15) is 39.0 Å². The molecule has 0 saturated heterocycles. The zero-order chi connectivity index (χ0) is 9.73. The van der Waals surface area contributed by atoms with E-state index in [0.29, 0.717) is 6.42 Å². The van der Waals surface area contributed by atoms with Crippen molar-refractivity contribution in [2.45, 2.75) is 44.6 Å². The molecule has 1 rings (SSSR count). The van der Waals surface area contributed by atoms with Crippen LogP contribution < -0.4 is 0 Å². The van der Waals surface area contributed by atoms with E-state index in [2.05, 4.69) is 17.8 Å². The molecule has 1 N–H and O–H groups in total. The molecule has 1 aliphatic carbocycles. The molecule has 0 amide bonds. The van der Waals surface area contributed by atoms with Gasteiger partial charge in [0, 0.05) is 12.3 Å². The molecule has 0 radical (unpaired) electrons. The lowest BCUT2D eigenvalue weighted by atomic mass is 9.74. The minimum absolute atomic E-state index is 0.179. The van der Waals surface area contributed by atoms with Crippen molar-refractivity contribution in [2.24, 2.45) is 5.92 Å². The Hall–Kier alpha value is -0.920. The van der Waals surface area contributed by atoms with Crippen LogP contribution in [0.4, 0.5) is 0 Å². The zero-order valence-corrected chi connectivity index (χ0v) is 8.14. The SMILES string of the molecule is C#CC[C@H]1CCCC[C@]1(O)C#CC. The molecule has 2 atom stereocenters. The summed E-state index contributed by atoms with van der Waals surface area (Å²) in [6, 6.07) is 0. The molecule has 1 saturated carbocycles. The molecular formula is C12H16O. The molecule has 0 aromatic carbocycles. The smallest absolute Gasteiger partial charge is 0.129 e. The van der Waals surface area contributed by atoms with Gasteiger partial charge < -0.3 is 5.11 Å². The lowest BCUT2D eigenvalue weighted by molar-refractivity contribution is 0.00652. The Bertz CT molecular complexity index is 263. The molecule has 1 aliphatic rings. The van der Waals surface area contributed by atoms with Crippen LogP contribution in [0.2, 0.25) is 0 Å². The Balaban J connectivity index is 2.76. The first-order chi connectivity index (χ1) is 6.23. The number of hydrogen-bond acceptors (Lipinski definition) is 1. The van der Waals surface area contributed by atoms with Gasteiger partial charge in [-0.2, -0.15) is 0 Å². The average Bonchev–Trinajstić information content (AvgIpc) is 2.10. The molecule has 0 aliphatic heterocycles. The van der Waals surface area contributed by atoms with Gasteiger partial charge in [-0.25, -0.2) is 0 Å². The first-order valence-corrected chi connectivity index (χ1v) is 4.82. The summed E-state index contributed by atoms with van der Waals surface area (Å²) in [6.45, 7) is 1.76. The predicted molar refractivity (Wildman–Crippen MR) is 53.8 cm³/mol. The van der Waals surface area contributed by atoms with Crippen LogP contribution in [-0.4, -0.2) is 10.7 Å². The molecule has 0 spiro atoms. The highest BCUT2D eigenvalue weighted by Gasteiger charge is 2.36. The van der Waals surface area contributed by atoms with E-state index in [1.807, 2.05) is 0 Å². The van der Waals surface area contributed by atoms with E-state index in [1.165, 1.54) is 6.42 Å². The molecule has 1 fully saturated rings. The molecule has 1 heteroatoms. The van der Waals surface area contributed by atoms with E-state index < -0.39 is 5.60 Å². The summed E-state index contributed by atoms with van der Waals surface area (Å²) in [6.07, 6.45) is 9.93. The summed E-state index contributed by atoms with van der Waals surface area (Å²) in [5.41, 5.74) is -0.806. The number of hydrogen-bond donors (Lipinski definition) is 1. The first kappa shape index (κ1) is 10.2. The van der Waals surface area contributed by atoms with Crippen LogP contribution in [0, 0.1) is 30.1 Å². The first-order valence-electron chi connectivity index (χ1n) is 4.82. The second-order valence-corrected chi connectivity index (χ2v) is 3.65. The zero-order valence-electron chi connectivity index (χ0n) is 8.14. The highest BCUT2D eigenvalue weighted by atomic mass is 16.3. The Morgan fingerprint density at radius 1 is 1.54 bits per heavy atom. The van der Waals surface area contributed by atoms with Gasteiger partial charge in [0.2, 0.25) is 0 Å². The number of rotatable bonds is 1. The maximum Gasteiger partial charge on any atom is 0.129 e. The van der Waals surface area contributed by atoms with Crippen molar-refractivity contribution in [3.05, 3.63) is 0 Å². The maximum atomic E-state index is 10.2. The van der Waals surface area contributed by atoms with Gasteiger partial charge >= 0.3 is 0 Å². The molecule has 0 unspecified atom stereocenters. The summed E-state index contributed by atoms with van der Waals surface area (Å²) in [4.78, 5) is 0. The Labute approximate surface area is 80.5 Å². The van der Waals surface area contributed by atoms with Gasteiger partial charge in [-0.15, -0.1) is 18.3 Å². The van der Waals surface area contributed by atoms with Crippen molar-refractivity contribution in [1.82, 2.24) is 0 Å². The van der Waals surface area contributed by atoms with Crippen molar-refractivity contribution in [3.8, 4) is 24.2 Å². The van der Waals surface area contributed by atoms with E-state index in [1.54, 1.807) is 6.92 Å². The standard InChI is InChI=1S/C12H16O/c1-3-7-11-8-5-6-10-12(11,13)9-4-2/h1,11,13H,5-8,10H2,2H3/t11-,12+/m0/s1. The molecule has 0 aromatic heterocycles. The van der Waals surface area contributed by atoms with Crippen molar-refractivity contribution in [3.63, 3.8) is 0 Å². The van der Waals surface area contributed by atoms with Crippen molar-refractivity contribution in [1.29, 1.82) is 0 Å². The Morgan fingerprint density at radius 2 is 2.31 bits per heavy atom. The Kier molecular flexibility index (Phi) is 3.40. The summed E-state index contributed by atoms with van der Waals surface area (Å²) in [5.74, 6) is 8.51. The van der Waals surface area contributed by atoms with E-state index in [9.17, 15) is 5.11 Å². The second kappa shape index (κ2) is 4.35. The summed E-state index contributed by atoms with van der Waals surface area (Å²) in [7, 11) is 0. The van der Waals surface area contributed by atoms with Crippen LogP contribution in [0.15, 0.2) is 0 Å². The Morgan fingerprint density at radius 3 is 2.92 bits per heavy atom. The monoisotopic (exact) mass is 176 g/mol. The van der Waals surface area contributed by atoms with Gasteiger partial charge in [-0.05, 0) is 26.2 Å². The molecular weight excluding hydrogens is 160 g/mol. The number of aliphatic hydroxyl groups is 1. The molecule has 0 bridgehead atoms. The summed E-state index contributed by atoms with van der Waals surface area (Å²) >= 11 is 0. The van der Waals surface area contributed by atoms with Crippen molar-refractivity contribution >= 4 is 0 Å². The quantitative estimate of drug-likeness (QED) is 0.605. The van der Waals surface area contributed by atoms with Crippen molar-refractivity contribution < 1.29 is 5.11 Å². The minimum atomic E-state index is -0.806. The van der Waals surface area contributed by atoms with Crippen molar-refractivity contribution in [2.75, 3.05) is 0 Å². The third-order valence-electron chi connectivity index (χ3n) is 2.74. The van der Waals surface area contributed by atoms with Gasteiger partial charge in [0.15, 0.2) is 0 Å². The summed E-state index contributed by atoms with van der Waals surface area (Å²) in [5, 5.41) is 10.2. The van der Waals surface area contributed by atoms with E-state index in [-0.39, 0.29) is 5.92 Å². The fraction of sp³-hybridized carbons (Fsp3) is 0.667. The van der Waals surface area contributed by atoms with Crippen LogP contribution in [0.3, 0.4) is 0 Å². The van der Waals surface area contributed by atoms with Gasteiger partial charge in [-0.3, -0.25) is 0 Å². The molecule has 0 heterocycles. The third-order valence-corrected chi connectivity index (χ3v) is 2.74. The highest BCUT2D eigenvalue weighted by molar-refractivity contribution is 5.17. The van der Waals surface area contributed by atoms with Crippen LogP contribution in [0.25, 0.3) is 0 Å². The topological polar surface area (TPSA) is 20.2 Å². The fourth-order valence-corrected chi connectivity index (χ4v) is 2.02. The van der Waals surface area contributed by atoms with Gasteiger partial charge in [-0.1, -0.05) is 12.3 Å². The molecule has 13 heavy (non-hydrogen) atoms. The van der Waals surface area contributed by atoms with E-state index in [0.717, 1.165) is 19.3 Å². The van der Waals surface area contributed by atoms with Crippen LogP contribution in [0.5, 0.6) is 0 Å². The molecule has 1 nitrogen and oxygen atoms in total. The minimum Gasteiger partial charge on any atom is -0.377 e. The predicted octanol–water partition coefficient (Wildman–Crippen LogP) is 1.95. The second-order valence-electron chi connectivity index (χ2n) is 3.65. The summed E-state index contributed by atoms with van der Waals surface area (Å²) < 4.78 is 0. The molecule has 70 valence electrons. The van der Waals surface area contributed by atoms with Crippen LogP contribution >= 0.6 is 0 Å². The van der Waals surface area contributed by atoms with Gasteiger partial charge in [0.1, 0.15) is 5.60 Å². The molecule has 0 aromatic rings. The van der Waals surface area contributed by atoms with E-state index >= 15 is 0 Å². The average molecular weight is 176 g/mol. The fourth-order valence-electron chi connectivity index (χ4n) is 2.02. The normalized spacial score (nSPS) is 32.8. The van der Waals surface area contributed by atoms with Crippen LogP contribution in [-0.2, 0) is 0 Å². The lowest BCUT2D eigenvalue weighted by Crippen LogP contribution is -2.39. The number of terminal acetylenes is 1. The van der Waals surface area contributed by atoms with E-state index in [4.69, 9.17) is 6.42 Å². The van der Waals surface area contributed by atoms with Gasteiger partial charge in [0.25, 0.3) is 0 Å².